The van der Waals surface area contributed by atoms with Gasteiger partial charge in [-0.05, 0) is 30.3 Å². The molecule has 1 N–H and O–H groups in total. The number of esters is 1. The third kappa shape index (κ3) is 5.20. The smallest absolute Gasteiger partial charge is 0.344 e. The molecule has 0 aliphatic heterocycles. The molecular formula is C17H14FNO5. The van der Waals surface area contributed by atoms with Crippen molar-refractivity contribution in [1.29, 1.82) is 0 Å². The minimum Gasteiger partial charge on any atom is -0.481 e. The highest BCUT2D eigenvalue weighted by Gasteiger charge is 2.10. The topological polar surface area (TPSA) is 81.7 Å². The summed E-state index contributed by atoms with van der Waals surface area (Å²) in [6, 6.07) is 11.7. The van der Waals surface area contributed by atoms with Crippen molar-refractivity contribution < 1.29 is 28.2 Å². The number of ether oxygens (including phenoxy) is 2. The first-order valence-corrected chi connectivity index (χ1v) is 6.96. The molecule has 24 heavy (non-hydrogen) atoms. The van der Waals surface area contributed by atoms with Crippen molar-refractivity contribution in [3.05, 3.63) is 59.9 Å². The number of carbonyl (C=O) groups is 3. The largest absolute Gasteiger partial charge is 0.481 e. The lowest BCUT2D eigenvalue weighted by atomic mass is 10.2. The fourth-order valence-corrected chi connectivity index (χ4v) is 1.80. The number of hydrogen-bond donors (Lipinski definition) is 1. The molecule has 0 saturated carbocycles. The predicted octanol–water partition coefficient (Wildman–Crippen LogP) is 2.20. The van der Waals surface area contributed by atoms with E-state index in [-0.39, 0.29) is 11.4 Å². The summed E-state index contributed by atoms with van der Waals surface area (Å²) in [5.41, 5.74) is 0.557. The highest BCUT2D eigenvalue weighted by molar-refractivity contribution is 5.92. The Bertz CT molecular complexity index is 747. The van der Waals surface area contributed by atoms with E-state index in [0.717, 1.165) is 6.07 Å². The normalized spacial score (nSPS) is 9.88. The highest BCUT2D eigenvalue weighted by atomic mass is 19.1. The van der Waals surface area contributed by atoms with Gasteiger partial charge in [-0.25, -0.2) is 9.18 Å². The van der Waals surface area contributed by atoms with Crippen molar-refractivity contribution in [1.82, 2.24) is 0 Å². The Hall–Kier alpha value is -3.22. The second kappa shape index (κ2) is 8.42. The molecule has 0 aromatic heterocycles. The molecule has 7 heteroatoms. The number of anilines is 1. The number of amides is 1. The number of rotatable bonds is 7. The number of nitrogens with one attached hydrogen (secondary N) is 1. The minimum atomic E-state index is -0.773. The van der Waals surface area contributed by atoms with E-state index < -0.39 is 30.9 Å². The third-order valence-corrected chi connectivity index (χ3v) is 2.86. The summed E-state index contributed by atoms with van der Waals surface area (Å²) in [6.45, 7) is -0.980. The summed E-state index contributed by atoms with van der Waals surface area (Å²) < 4.78 is 22.9. The molecule has 2 aromatic carbocycles. The van der Waals surface area contributed by atoms with Crippen LogP contribution in [-0.2, 0) is 14.3 Å². The average Bonchev–Trinajstić information content (AvgIpc) is 2.58. The second-order valence-corrected chi connectivity index (χ2v) is 4.66. The van der Waals surface area contributed by atoms with Crippen molar-refractivity contribution in [3.63, 3.8) is 0 Å². The zero-order chi connectivity index (χ0) is 17.4. The lowest BCUT2D eigenvalue weighted by Gasteiger charge is -2.09. The predicted molar refractivity (Wildman–Crippen MR) is 83.3 cm³/mol. The monoisotopic (exact) mass is 331 g/mol. The summed E-state index contributed by atoms with van der Waals surface area (Å²) in [5.74, 6) is -1.63. The summed E-state index contributed by atoms with van der Waals surface area (Å²) in [6.07, 6.45) is 0.604. The number of hydrogen-bond acceptors (Lipinski definition) is 5. The van der Waals surface area contributed by atoms with Crippen molar-refractivity contribution in [3.8, 4) is 5.75 Å². The van der Waals surface area contributed by atoms with Crippen LogP contribution in [0.4, 0.5) is 10.1 Å². The van der Waals surface area contributed by atoms with Gasteiger partial charge in [0, 0.05) is 5.69 Å². The van der Waals surface area contributed by atoms with Crippen LogP contribution in [0.2, 0.25) is 0 Å². The molecule has 2 rings (SSSR count). The maximum atomic E-state index is 13.0. The van der Waals surface area contributed by atoms with Gasteiger partial charge in [-0.3, -0.25) is 9.59 Å². The van der Waals surface area contributed by atoms with Gasteiger partial charge in [0.1, 0.15) is 11.6 Å². The van der Waals surface area contributed by atoms with E-state index in [1.807, 2.05) is 0 Å². The lowest BCUT2D eigenvalue weighted by molar-refractivity contribution is -0.149. The molecule has 0 heterocycles. The van der Waals surface area contributed by atoms with Gasteiger partial charge < -0.3 is 14.8 Å². The first-order chi connectivity index (χ1) is 11.6. The molecule has 0 radical (unpaired) electrons. The van der Waals surface area contributed by atoms with E-state index in [4.69, 9.17) is 9.47 Å². The van der Waals surface area contributed by atoms with Crippen LogP contribution >= 0.6 is 0 Å². The molecule has 1 amide bonds. The third-order valence-electron chi connectivity index (χ3n) is 2.86. The summed E-state index contributed by atoms with van der Waals surface area (Å²) in [4.78, 5) is 34.0. The molecule has 0 unspecified atom stereocenters. The van der Waals surface area contributed by atoms with Gasteiger partial charge in [0.25, 0.3) is 5.91 Å². The molecule has 0 saturated heterocycles. The van der Waals surface area contributed by atoms with Crippen molar-refractivity contribution in [2.24, 2.45) is 0 Å². The maximum absolute atomic E-state index is 13.0. The zero-order valence-corrected chi connectivity index (χ0v) is 12.5. The van der Waals surface area contributed by atoms with E-state index in [1.54, 1.807) is 18.2 Å². The van der Waals surface area contributed by atoms with Gasteiger partial charge in [0.15, 0.2) is 19.5 Å². The van der Waals surface area contributed by atoms with Crippen LogP contribution in [0.1, 0.15) is 10.4 Å². The highest BCUT2D eigenvalue weighted by Crippen LogP contribution is 2.15. The van der Waals surface area contributed by atoms with Crippen molar-refractivity contribution in [2.75, 3.05) is 18.5 Å². The summed E-state index contributed by atoms with van der Waals surface area (Å²) >= 11 is 0. The van der Waals surface area contributed by atoms with Gasteiger partial charge in [0.05, 0.1) is 5.56 Å². The Kier molecular flexibility index (Phi) is 6.01. The van der Waals surface area contributed by atoms with E-state index in [0.29, 0.717) is 11.8 Å². The molecule has 6 nitrogen and oxygen atoms in total. The first kappa shape index (κ1) is 17.1. The summed E-state index contributed by atoms with van der Waals surface area (Å²) in [7, 11) is 0. The van der Waals surface area contributed by atoms with Crippen LogP contribution in [0.3, 0.4) is 0 Å². The van der Waals surface area contributed by atoms with Gasteiger partial charge in [-0.1, -0.05) is 18.2 Å². The van der Waals surface area contributed by atoms with Crippen LogP contribution in [-0.4, -0.2) is 31.4 Å². The van der Waals surface area contributed by atoms with E-state index in [1.165, 1.54) is 24.3 Å². The number of aldehydes is 1. The van der Waals surface area contributed by atoms with Crippen molar-refractivity contribution >= 4 is 23.9 Å². The molecule has 0 atom stereocenters. The molecule has 0 bridgehead atoms. The van der Waals surface area contributed by atoms with E-state index >= 15 is 0 Å². The van der Waals surface area contributed by atoms with Crippen LogP contribution in [0.25, 0.3) is 0 Å². The SMILES string of the molecule is O=Cc1ccccc1OCC(=O)OCC(=O)Nc1cccc(F)c1. The Morgan fingerprint density at radius 3 is 2.62 bits per heavy atom. The van der Waals surface area contributed by atoms with Gasteiger partial charge >= 0.3 is 5.97 Å². The van der Waals surface area contributed by atoms with Crippen LogP contribution in [0.15, 0.2) is 48.5 Å². The first-order valence-electron chi connectivity index (χ1n) is 6.96. The average molecular weight is 331 g/mol. The Labute approximate surface area is 137 Å². The number of halogens is 1. The molecule has 0 aliphatic rings. The molecule has 2 aromatic rings. The molecule has 0 fully saturated rings. The van der Waals surface area contributed by atoms with Gasteiger partial charge in [-0.2, -0.15) is 0 Å². The Morgan fingerprint density at radius 1 is 1.08 bits per heavy atom. The molecular weight excluding hydrogens is 317 g/mol. The Balaban J connectivity index is 1.76. The van der Waals surface area contributed by atoms with Gasteiger partial charge in [0.2, 0.25) is 0 Å². The van der Waals surface area contributed by atoms with Crippen LogP contribution < -0.4 is 10.1 Å². The fraction of sp³-hybridized carbons (Fsp3) is 0.118. The number of benzene rings is 2. The van der Waals surface area contributed by atoms with Crippen molar-refractivity contribution in [2.45, 2.75) is 0 Å². The molecule has 0 aliphatic carbocycles. The second-order valence-electron chi connectivity index (χ2n) is 4.66. The lowest BCUT2D eigenvalue weighted by Crippen LogP contribution is -2.23. The van der Waals surface area contributed by atoms with E-state index in [9.17, 15) is 18.8 Å². The Morgan fingerprint density at radius 2 is 1.88 bits per heavy atom. The number of para-hydroxylation sites is 1. The minimum absolute atomic E-state index is 0.244. The standard InChI is InChI=1S/C17H14FNO5/c18-13-5-3-6-14(8-13)19-16(21)10-24-17(22)11-23-15-7-2-1-4-12(15)9-20/h1-9H,10-11H2,(H,19,21). The van der Waals surface area contributed by atoms with Crippen LogP contribution in [0, 0.1) is 5.82 Å². The quantitative estimate of drug-likeness (QED) is 0.621. The maximum Gasteiger partial charge on any atom is 0.344 e. The molecule has 0 spiro atoms. The van der Waals surface area contributed by atoms with E-state index in [2.05, 4.69) is 5.32 Å². The van der Waals surface area contributed by atoms with Gasteiger partial charge in [-0.15, -0.1) is 0 Å². The zero-order valence-electron chi connectivity index (χ0n) is 12.5. The fourth-order valence-electron chi connectivity index (χ4n) is 1.80. The molecule has 124 valence electrons. The van der Waals surface area contributed by atoms with Crippen LogP contribution in [0.5, 0.6) is 5.75 Å². The number of carbonyl (C=O) groups excluding carboxylic acids is 3. The summed E-state index contributed by atoms with van der Waals surface area (Å²) in [5, 5.41) is 2.39.